The monoisotopic (exact) mass is 392 g/mol. The lowest BCUT2D eigenvalue weighted by Crippen LogP contribution is -2.10. The predicted octanol–water partition coefficient (Wildman–Crippen LogP) is 3.52. The van der Waals surface area contributed by atoms with Gasteiger partial charge in [0, 0.05) is 17.2 Å². The van der Waals surface area contributed by atoms with Crippen molar-refractivity contribution in [3.63, 3.8) is 0 Å². The molecule has 0 spiro atoms. The van der Waals surface area contributed by atoms with E-state index in [4.69, 9.17) is 26.8 Å². The normalized spacial score (nSPS) is 11.1. The molecule has 0 atom stereocenters. The number of fused-ring (bicyclic) bond motifs is 1. The van der Waals surface area contributed by atoms with Crippen molar-refractivity contribution in [3.05, 3.63) is 39.6 Å². The van der Waals surface area contributed by atoms with E-state index >= 15 is 0 Å². The zero-order valence-electron chi connectivity index (χ0n) is 15.5. The maximum absolute atomic E-state index is 14.5. The number of aryl methyl sites for hydroxylation is 1. The second-order valence-electron chi connectivity index (χ2n) is 6.01. The summed E-state index contributed by atoms with van der Waals surface area (Å²) in [6.07, 6.45) is 0. The SMILES string of the molecule is COC(=O)c1c(N)n(-c2c(C)c(F)cc(OC)c2C)c2nc(C)nc(Cl)c12. The number of nitrogens with two attached hydrogens (primary N) is 1. The first-order valence-corrected chi connectivity index (χ1v) is 8.37. The Hall–Kier alpha value is -2.87. The molecule has 0 aliphatic carbocycles. The molecule has 7 nitrogen and oxygen atoms in total. The van der Waals surface area contributed by atoms with Gasteiger partial charge >= 0.3 is 5.97 Å². The highest BCUT2D eigenvalue weighted by molar-refractivity contribution is 6.35. The number of rotatable bonds is 3. The van der Waals surface area contributed by atoms with Crippen molar-refractivity contribution in [2.24, 2.45) is 0 Å². The number of methoxy groups -OCH3 is 2. The first kappa shape index (κ1) is 18.9. The van der Waals surface area contributed by atoms with Crippen LogP contribution in [0.4, 0.5) is 10.2 Å². The van der Waals surface area contributed by atoms with E-state index in [1.807, 2.05) is 0 Å². The Kier molecular flexibility index (Phi) is 4.69. The molecule has 3 aromatic rings. The third kappa shape index (κ3) is 2.76. The summed E-state index contributed by atoms with van der Waals surface area (Å²) in [6.45, 7) is 5.03. The molecule has 1 aromatic carbocycles. The summed E-state index contributed by atoms with van der Waals surface area (Å²) in [5.74, 6) is -0.431. The van der Waals surface area contributed by atoms with Crippen molar-refractivity contribution in [1.29, 1.82) is 0 Å². The van der Waals surface area contributed by atoms with Crippen molar-refractivity contribution in [2.75, 3.05) is 20.0 Å². The number of halogens is 2. The maximum atomic E-state index is 14.5. The molecule has 0 bridgehead atoms. The zero-order valence-corrected chi connectivity index (χ0v) is 16.2. The highest BCUT2D eigenvalue weighted by atomic mass is 35.5. The summed E-state index contributed by atoms with van der Waals surface area (Å²) in [6, 6.07) is 1.30. The smallest absolute Gasteiger partial charge is 0.342 e. The van der Waals surface area contributed by atoms with Crippen molar-refractivity contribution < 1.29 is 18.7 Å². The summed E-state index contributed by atoms with van der Waals surface area (Å²) in [5.41, 5.74) is 7.97. The molecule has 0 saturated heterocycles. The lowest BCUT2D eigenvalue weighted by molar-refractivity contribution is 0.0604. The number of nitrogens with zero attached hydrogens (tertiary/aromatic N) is 3. The van der Waals surface area contributed by atoms with Crippen LogP contribution in [-0.4, -0.2) is 34.7 Å². The Morgan fingerprint density at radius 1 is 1.22 bits per heavy atom. The number of hydrogen-bond acceptors (Lipinski definition) is 6. The summed E-state index contributed by atoms with van der Waals surface area (Å²) < 4.78 is 26.1. The standard InChI is InChI=1S/C18H18ClFN4O3/c1-7-10(20)6-11(26-4)8(2)14(7)24-16(21)13(18(25)27-5)12-15(19)22-9(3)23-17(12)24/h6H,21H2,1-5H3. The van der Waals surface area contributed by atoms with Crippen LogP contribution in [0.5, 0.6) is 5.75 Å². The maximum Gasteiger partial charge on any atom is 0.342 e. The highest BCUT2D eigenvalue weighted by Gasteiger charge is 2.29. The van der Waals surface area contributed by atoms with E-state index < -0.39 is 11.8 Å². The number of esters is 1. The number of hydrogen-bond donors (Lipinski definition) is 1. The van der Waals surface area contributed by atoms with Gasteiger partial charge in [0.1, 0.15) is 33.9 Å². The van der Waals surface area contributed by atoms with Crippen LogP contribution in [-0.2, 0) is 4.74 Å². The fourth-order valence-electron chi connectivity index (χ4n) is 3.18. The first-order valence-electron chi connectivity index (χ1n) is 7.99. The number of benzene rings is 1. The van der Waals surface area contributed by atoms with E-state index in [2.05, 4.69) is 9.97 Å². The van der Waals surface area contributed by atoms with E-state index in [9.17, 15) is 9.18 Å². The molecule has 2 N–H and O–H groups in total. The quantitative estimate of drug-likeness (QED) is 0.541. The van der Waals surface area contributed by atoms with Crippen LogP contribution >= 0.6 is 11.6 Å². The van der Waals surface area contributed by atoms with Crippen LogP contribution in [0.15, 0.2) is 6.07 Å². The number of aromatic nitrogens is 3. The van der Waals surface area contributed by atoms with Gasteiger partial charge < -0.3 is 15.2 Å². The molecule has 0 aliphatic heterocycles. The molecule has 0 amide bonds. The minimum Gasteiger partial charge on any atom is -0.496 e. The van der Waals surface area contributed by atoms with Crippen molar-refractivity contribution in [1.82, 2.24) is 14.5 Å². The summed E-state index contributed by atoms with van der Waals surface area (Å²) in [4.78, 5) is 20.9. The van der Waals surface area contributed by atoms with E-state index in [0.29, 0.717) is 28.4 Å². The van der Waals surface area contributed by atoms with Gasteiger partial charge in [0.25, 0.3) is 0 Å². The molecule has 142 valence electrons. The number of ether oxygens (including phenoxy) is 2. The molecular weight excluding hydrogens is 375 g/mol. The van der Waals surface area contributed by atoms with Gasteiger partial charge in [0.2, 0.25) is 0 Å². The molecular formula is C18H18ClFN4O3. The molecule has 0 fully saturated rings. The molecule has 3 rings (SSSR count). The Bertz CT molecular complexity index is 1090. The van der Waals surface area contributed by atoms with E-state index in [0.717, 1.165) is 0 Å². The molecule has 2 heterocycles. The van der Waals surface area contributed by atoms with E-state index in [1.54, 1.807) is 20.8 Å². The van der Waals surface area contributed by atoms with Crippen molar-refractivity contribution >= 4 is 34.4 Å². The van der Waals surface area contributed by atoms with Gasteiger partial charge in [-0.25, -0.2) is 19.2 Å². The van der Waals surface area contributed by atoms with Gasteiger partial charge in [-0.3, -0.25) is 4.57 Å². The Morgan fingerprint density at radius 2 is 1.89 bits per heavy atom. The van der Waals surface area contributed by atoms with Crippen LogP contribution in [0.3, 0.4) is 0 Å². The zero-order chi connectivity index (χ0) is 20.0. The predicted molar refractivity (Wildman–Crippen MR) is 100 cm³/mol. The molecule has 9 heteroatoms. The lowest BCUT2D eigenvalue weighted by Gasteiger charge is -2.17. The van der Waals surface area contributed by atoms with Crippen LogP contribution in [0, 0.1) is 26.6 Å². The Morgan fingerprint density at radius 3 is 2.48 bits per heavy atom. The van der Waals surface area contributed by atoms with Gasteiger partial charge in [0.15, 0.2) is 5.65 Å². The average Bonchev–Trinajstić information content (AvgIpc) is 2.90. The van der Waals surface area contributed by atoms with Crippen LogP contribution in [0.25, 0.3) is 16.7 Å². The molecule has 0 radical (unpaired) electrons. The summed E-state index contributed by atoms with van der Waals surface area (Å²) in [7, 11) is 2.68. The topological polar surface area (TPSA) is 92.3 Å². The number of anilines is 1. The minimum atomic E-state index is -0.690. The van der Waals surface area contributed by atoms with E-state index in [1.165, 1.54) is 24.9 Å². The molecule has 0 unspecified atom stereocenters. The molecule has 0 saturated carbocycles. The molecule has 27 heavy (non-hydrogen) atoms. The second-order valence-corrected chi connectivity index (χ2v) is 6.36. The van der Waals surface area contributed by atoms with Gasteiger partial charge in [-0.05, 0) is 20.8 Å². The third-order valence-electron chi connectivity index (χ3n) is 4.45. The molecule has 2 aromatic heterocycles. The number of nitrogen functional groups attached to an aromatic ring is 1. The van der Waals surface area contributed by atoms with Gasteiger partial charge in [-0.1, -0.05) is 11.6 Å². The van der Waals surface area contributed by atoms with Crippen LogP contribution < -0.4 is 10.5 Å². The van der Waals surface area contributed by atoms with Gasteiger partial charge in [0.05, 0.1) is 25.3 Å². The van der Waals surface area contributed by atoms with Crippen LogP contribution in [0.2, 0.25) is 5.15 Å². The lowest BCUT2D eigenvalue weighted by atomic mass is 10.1. The highest BCUT2D eigenvalue weighted by Crippen LogP contribution is 2.39. The fraction of sp³-hybridized carbons (Fsp3) is 0.278. The van der Waals surface area contributed by atoms with Crippen molar-refractivity contribution in [3.8, 4) is 11.4 Å². The summed E-state index contributed by atoms with van der Waals surface area (Å²) in [5, 5.41) is 0.302. The Balaban J connectivity index is 2.57. The van der Waals surface area contributed by atoms with Gasteiger partial charge in [-0.2, -0.15) is 0 Å². The van der Waals surface area contributed by atoms with E-state index in [-0.39, 0.29) is 27.6 Å². The summed E-state index contributed by atoms with van der Waals surface area (Å²) >= 11 is 6.28. The average molecular weight is 393 g/mol. The fourth-order valence-corrected chi connectivity index (χ4v) is 3.48. The number of carbonyl (C=O) groups excluding carboxylic acids is 1. The van der Waals surface area contributed by atoms with Crippen molar-refractivity contribution in [2.45, 2.75) is 20.8 Å². The molecule has 0 aliphatic rings. The van der Waals surface area contributed by atoms with Crippen LogP contribution in [0.1, 0.15) is 27.3 Å². The largest absolute Gasteiger partial charge is 0.496 e. The third-order valence-corrected chi connectivity index (χ3v) is 4.72. The second kappa shape index (κ2) is 6.70. The number of carbonyl (C=O) groups is 1. The van der Waals surface area contributed by atoms with Gasteiger partial charge in [-0.15, -0.1) is 0 Å². The first-order chi connectivity index (χ1) is 12.7. The minimum absolute atomic E-state index is 0.0255. The Labute approximate surface area is 159 Å².